The van der Waals surface area contributed by atoms with Gasteiger partial charge in [0.15, 0.2) is 5.82 Å². The van der Waals surface area contributed by atoms with Crippen LogP contribution in [0.2, 0.25) is 0 Å². The summed E-state index contributed by atoms with van der Waals surface area (Å²) >= 11 is 1.84. The smallest absolute Gasteiger partial charge is 0.150 e. The van der Waals surface area contributed by atoms with Gasteiger partial charge in [0, 0.05) is 30.3 Å². The minimum atomic E-state index is 0.541. The molecule has 1 atom stereocenters. The van der Waals surface area contributed by atoms with Crippen LogP contribution in [0.15, 0.2) is 17.5 Å². The number of nitrogens with one attached hydrogen (secondary N) is 1. The first-order valence-electron chi connectivity index (χ1n) is 7.03. The van der Waals surface area contributed by atoms with Crippen molar-refractivity contribution in [3.8, 4) is 0 Å². The van der Waals surface area contributed by atoms with Gasteiger partial charge in [-0.2, -0.15) is 5.10 Å². The highest BCUT2D eigenvalue weighted by atomic mass is 32.1. The van der Waals surface area contributed by atoms with E-state index in [4.69, 9.17) is 0 Å². The number of hydrogen-bond acceptors (Lipinski definition) is 4. The largest absolute Gasteiger partial charge is 0.312 e. The second-order valence-electron chi connectivity index (χ2n) is 5.00. The fourth-order valence-electron chi connectivity index (χ4n) is 2.53. The summed E-state index contributed by atoms with van der Waals surface area (Å²) in [7, 11) is 0. The van der Waals surface area contributed by atoms with Crippen molar-refractivity contribution in [3.05, 3.63) is 34.0 Å². The Morgan fingerprint density at radius 3 is 3.26 bits per heavy atom. The van der Waals surface area contributed by atoms with Crippen LogP contribution in [0, 0.1) is 0 Å². The molecule has 0 saturated heterocycles. The number of aryl methyl sites for hydroxylation is 2. The average molecular weight is 276 g/mol. The van der Waals surface area contributed by atoms with Crippen molar-refractivity contribution in [2.24, 2.45) is 0 Å². The minimum Gasteiger partial charge on any atom is -0.312 e. The third-order valence-corrected chi connectivity index (χ3v) is 4.54. The number of nitrogens with zero attached hydrogens (tertiary/aromatic N) is 3. The fraction of sp³-hybridized carbons (Fsp3) is 0.571. The van der Waals surface area contributed by atoms with E-state index in [1.54, 1.807) is 0 Å². The first-order valence-corrected chi connectivity index (χ1v) is 7.91. The van der Waals surface area contributed by atoms with Crippen molar-refractivity contribution in [2.75, 3.05) is 6.54 Å². The van der Waals surface area contributed by atoms with Crippen LogP contribution in [0.5, 0.6) is 0 Å². The Morgan fingerprint density at radius 2 is 2.47 bits per heavy atom. The summed E-state index contributed by atoms with van der Waals surface area (Å²) in [6.07, 6.45) is 4.27. The molecule has 0 saturated carbocycles. The molecule has 1 aliphatic heterocycles. The molecule has 0 radical (unpaired) electrons. The molecule has 3 heterocycles. The van der Waals surface area contributed by atoms with Crippen molar-refractivity contribution < 1.29 is 0 Å². The number of aromatic nitrogens is 3. The Balaban J connectivity index is 1.51. The van der Waals surface area contributed by atoms with E-state index in [1.807, 2.05) is 11.3 Å². The number of rotatable bonds is 5. The Hall–Kier alpha value is -1.20. The quantitative estimate of drug-likeness (QED) is 0.909. The number of fused-ring (bicyclic) bond motifs is 1. The second kappa shape index (κ2) is 5.84. The van der Waals surface area contributed by atoms with Crippen LogP contribution in [0.3, 0.4) is 0 Å². The Morgan fingerprint density at radius 1 is 1.53 bits per heavy atom. The SMILES string of the molecule is CCc1nc2n(n1)C[C@@H](NCCc1cccs1)CC2. The van der Waals surface area contributed by atoms with Crippen molar-refractivity contribution in [1.82, 2.24) is 20.1 Å². The number of thiophene rings is 1. The summed E-state index contributed by atoms with van der Waals surface area (Å²) in [5.41, 5.74) is 0. The monoisotopic (exact) mass is 276 g/mol. The van der Waals surface area contributed by atoms with Crippen LogP contribution in [0.4, 0.5) is 0 Å². The zero-order valence-electron chi connectivity index (χ0n) is 11.3. The lowest BCUT2D eigenvalue weighted by atomic mass is 10.1. The molecule has 0 unspecified atom stereocenters. The van der Waals surface area contributed by atoms with E-state index in [0.717, 1.165) is 44.0 Å². The van der Waals surface area contributed by atoms with E-state index in [1.165, 1.54) is 11.3 Å². The van der Waals surface area contributed by atoms with E-state index in [2.05, 4.69) is 44.5 Å². The summed E-state index contributed by atoms with van der Waals surface area (Å²) in [4.78, 5) is 6.01. The van der Waals surface area contributed by atoms with Crippen molar-refractivity contribution in [2.45, 2.75) is 45.2 Å². The van der Waals surface area contributed by atoms with Gasteiger partial charge >= 0.3 is 0 Å². The molecule has 2 aromatic heterocycles. The second-order valence-corrected chi connectivity index (χ2v) is 6.03. The maximum absolute atomic E-state index is 4.55. The Labute approximate surface area is 117 Å². The molecule has 0 bridgehead atoms. The summed E-state index contributed by atoms with van der Waals surface area (Å²) in [5, 5.41) is 10.3. The highest BCUT2D eigenvalue weighted by molar-refractivity contribution is 7.09. The van der Waals surface area contributed by atoms with Crippen LogP contribution < -0.4 is 5.32 Å². The predicted molar refractivity (Wildman–Crippen MR) is 77.5 cm³/mol. The molecular weight excluding hydrogens is 256 g/mol. The fourth-order valence-corrected chi connectivity index (χ4v) is 3.24. The molecule has 5 heteroatoms. The molecule has 1 aliphatic rings. The van der Waals surface area contributed by atoms with Crippen LogP contribution in [0.25, 0.3) is 0 Å². The van der Waals surface area contributed by atoms with Crippen LogP contribution in [-0.4, -0.2) is 27.4 Å². The molecule has 1 N–H and O–H groups in total. The molecule has 0 spiro atoms. The van der Waals surface area contributed by atoms with Crippen LogP contribution in [0.1, 0.15) is 29.9 Å². The molecule has 19 heavy (non-hydrogen) atoms. The Kier molecular flexibility index (Phi) is 3.94. The minimum absolute atomic E-state index is 0.541. The summed E-state index contributed by atoms with van der Waals surface area (Å²) < 4.78 is 2.09. The average Bonchev–Trinajstić information content (AvgIpc) is 3.06. The third-order valence-electron chi connectivity index (χ3n) is 3.60. The van der Waals surface area contributed by atoms with Gasteiger partial charge in [-0.15, -0.1) is 11.3 Å². The predicted octanol–water partition coefficient (Wildman–Crippen LogP) is 2.05. The lowest BCUT2D eigenvalue weighted by Crippen LogP contribution is -2.38. The first kappa shape index (κ1) is 12.8. The van der Waals surface area contributed by atoms with E-state index in [9.17, 15) is 0 Å². The lowest BCUT2D eigenvalue weighted by molar-refractivity contribution is 0.361. The normalized spacial score (nSPS) is 18.5. The maximum Gasteiger partial charge on any atom is 0.150 e. The van der Waals surface area contributed by atoms with Gasteiger partial charge in [-0.05, 0) is 24.3 Å². The highest BCUT2D eigenvalue weighted by Crippen LogP contribution is 2.14. The summed E-state index contributed by atoms with van der Waals surface area (Å²) in [5.74, 6) is 2.14. The molecule has 102 valence electrons. The van der Waals surface area contributed by atoms with E-state index < -0.39 is 0 Å². The zero-order chi connectivity index (χ0) is 13.1. The van der Waals surface area contributed by atoms with Gasteiger partial charge < -0.3 is 5.32 Å². The number of hydrogen-bond donors (Lipinski definition) is 1. The van der Waals surface area contributed by atoms with Crippen molar-refractivity contribution in [3.63, 3.8) is 0 Å². The first-order chi connectivity index (χ1) is 9.35. The molecule has 0 fully saturated rings. The molecule has 0 amide bonds. The van der Waals surface area contributed by atoms with E-state index >= 15 is 0 Å². The Bertz CT molecular complexity index is 518. The molecule has 4 nitrogen and oxygen atoms in total. The van der Waals surface area contributed by atoms with Gasteiger partial charge in [0.1, 0.15) is 5.82 Å². The van der Waals surface area contributed by atoms with Gasteiger partial charge in [0.2, 0.25) is 0 Å². The topological polar surface area (TPSA) is 42.7 Å². The van der Waals surface area contributed by atoms with E-state index in [-0.39, 0.29) is 0 Å². The standard InChI is InChI=1S/C14H20N4S/c1-2-13-16-14-6-5-11(10-18(14)17-13)15-8-7-12-4-3-9-19-12/h3-4,9,11,15H,2,5-8,10H2,1H3/t11-/m0/s1. The van der Waals surface area contributed by atoms with Gasteiger partial charge in [-0.25, -0.2) is 9.67 Å². The third kappa shape index (κ3) is 3.04. The molecule has 3 rings (SSSR count). The van der Waals surface area contributed by atoms with Crippen LogP contribution in [-0.2, 0) is 25.8 Å². The van der Waals surface area contributed by atoms with Crippen molar-refractivity contribution in [1.29, 1.82) is 0 Å². The van der Waals surface area contributed by atoms with Crippen LogP contribution >= 0.6 is 11.3 Å². The molecular formula is C14H20N4S. The maximum atomic E-state index is 4.55. The van der Waals surface area contributed by atoms with Gasteiger partial charge in [0.05, 0.1) is 6.54 Å². The molecule has 0 aromatic carbocycles. The van der Waals surface area contributed by atoms with Gasteiger partial charge in [-0.3, -0.25) is 0 Å². The lowest BCUT2D eigenvalue weighted by Gasteiger charge is -2.23. The summed E-state index contributed by atoms with van der Waals surface area (Å²) in [6.45, 7) is 4.13. The summed E-state index contributed by atoms with van der Waals surface area (Å²) in [6, 6.07) is 4.86. The highest BCUT2D eigenvalue weighted by Gasteiger charge is 2.20. The zero-order valence-corrected chi connectivity index (χ0v) is 12.1. The molecule has 2 aromatic rings. The van der Waals surface area contributed by atoms with Gasteiger partial charge in [-0.1, -0.05) is 13.0 Å². The van der Waals surface area contributed by atoms with E-state index in [0.29, 0.717) is 6.04 Å². The van der Waals surface area contributed by atoms with Crippen molar-refractivity contribution >= 4 is 11.3 Å². The van der Waals surface area contributed by atoms with Gasteiger partial charge in [0.25, 0.3) is 0 Å². The molecule has 0 aliphatic carbocycles.